The number of rotatable bonds is 2. The lowest BCUT2D eigenvalue weighted by Gasteiger charge is -2.25. The molecule has 15 heavy (non-hydrogen) atoms. The van der Waals surface area contributed by atoms with Gasteiger partial charge in [-0.05, 0) is 18.9 Å². The van der Waals surface area contributed by atoms with Crippen LogP contribution in [-0.4, -0.2) is 11.8 Å². The van der Waals surface area contributed by atoms with E-state index in [0.717, 1.165) is 12.0 Å². The van der Waals surface area contributed by atoms with Crippen LogP contribution < -0.4 is 0 Å². The highest BCUT2D eigenvalue weighted by Crippen LogP contribution is 2.40. The number of ether oxygens (including phenoxy) is 2. The minimum atomic E-state index is -0.576. The quantitative estimate of drug-likeness (QED) is 0.697. The van der Waals surface area contributed by atoms with Crippen LogP contribution in [0.2, 0.25) is 0 Å². The molecule has 3 nitrogen and oxygen atoms in total. The van der Waals surface area contributed by atoms with Crippen molar-refractivity contribution in [3.63, 3.8) is 0 Å². The second kappa shape index (κ2) is 3.57. The highest BCUT2D eigenvalue weighted by molar-refractivity contribution is 5.64. The van der Waals surface area contributed by atoms with Gasteiger partial charge in [-0.25, -0.2) is 4.79 Å². The first-order valence-corrected chi connectivity index (χ1v) is 5.10. The van der Waals surface area contributed by atoms with Gasteiger partial charge >= 0.3 is 6.16 Å². The first-order chi connectivity index (χ1) is 7.15. The van der Waals surface area contributed by atoms with E-state index in [4.69, 9.17) is 9.47 Å². The molecule has 1 fully saturated rings. The van der Waals surface area contributed by atoms with Gasteiger partial charge in [0.05, 0.1) is 0 Å². The van der Waals surface area contributed by atoms with Gasteiger partial charge in [0.2, 0.25) is 0 Å². The molecular formula is C12H14O3. The van der Waals surface area contributed by atoms with Crippen molar-refractivity contribution < 1.29 is 14.3 Å². The van der Waals surface area contributed by atoms with Gasteiger partial charge in [0.15, 0.2) is 11.7 Å². The molecule has 0 amide bonds. The summed E-state index contributed by atoms with van der Waals surface area (Å²) in [7, 11) is 0. The van der Waals surface area contributed by atoms with Crippen molar-refractivity contribution in [1.29, 1.82) is 0 Å². The highest BCUT2D eigenvalue weighted by Gasteiger charge is 2.47. The van der Waals surface area contributed by atoms with Crippen LogP contribution >= 0.6 is 0 Å². The Hall–Kier alpha value is -1.51. The zero-order valence-electron chi connectivity index (χ0n) is 8.90. The van der Waals surface area contributed by atoms with Crippen LogP contribution in [0.25, 0.3) is 0 Å². The maximum Gasteiger partial charge on any atom is 0.509 e. The topological polar surface area (TPSA) is 35.5 Å². The molecule has 1 aliphatic rings. The SMILES string of the molecule is CCC1(C)OC(=O)OC1c1ccccc1. The average Bonchev–Trinajstić information content (AvgIpc) is 2.56. The van der Waals surface area contributed by atoms with Gasteiger partial charge in [0.1, 0.15) is 0 Å². The van der Waals surface area contributed by atoms with E-state index in [0.29, 0.717) is 0 Å². The Morgan fingerprint density at radius 2 is 2.00 bits per heavy atom. The standard InChI is InChI=1S/C12H14O3/c1-3-12(2)10(14-11(13)15-12)9-7-5-4-6-8-9/h4-8,10H,3H2,1-2H3. The fraction of sp³-hybridized carbons (Fsp3) is 0.417. The van der Waals surface area contributed by atoms with Crippen LogP contribution in [0.15, 0.2) is 30.3 Å². The number of cyclic esters (lactones) is 2. The van der Waals surface area contributed by atoms with Crippen molar-refractivity contribution in [2.45, 2.75) is 32.0 Å². The van der Waals surface area contributed by atoms with Crippen LogP contribution in [0.4, 0.5) is 4.79 Å². The van der Waals surface area contributed by atoms with E-state index in [2.05, 4.69) is 0 Å². The smallest absolute Gasteiger partial charge is 0.424 e. The Morgan fingerprint density at radius 1 is 1.33 bits per heavy atom. The Bertz CT molecular complexity index is 360. The van der Waals surface area contributed by atoms with Gasteiger partial charge in [-0.15, -0.1) is 0 Å². The van der Waals surface area contributed by atoms with E-state index < -0.39 is 11.8 Å². The monoisotopic (exact) mass is 206 g/mol. The van der Waals surface area contributed by atoms with E-state index in [9.17, 15) is 4.79 Å². The number of benzene rings is 1. The second-order valence-electron chi connectivity index (χ2n) is 3.93. The van der Waals surface area contributed by atoms with Crippen molar-refractivity contribution in [1.82, 2.24) is 0 Å². The molecule has 1 aliphatic heterocycles. The molecule has 1 heterocycles. The largest absolute Gasteiger partial charge is 0.509 e. The van der Waals surface area contributed by atoms with Gasteiger partial charge in [-0.1, -0.05) is 37.3 Å². The summed E-state index contributed by atoms with van der Waals surface area (Å²) >= 11 is 0. The lowest BCUT2D eigenvalue weighted by atomic mass is 9.91. The summed E-state index contributed by atoms with van der Waals surface area (Å²) < 4.78 is 10.4. The zero-order chi connectivity index (χ0) is 10.9. The van der Waals surface area contributed by atoms with Gasteiger partial charge in [0, 0.05) is 0 Å². The molecule has 1 aromatic rings. The minimum Gasteiger partial charge on any atom is -0.424 e. The van der Waals surface area contributed by atoms with Crippen LogP contribution in [0.5, 0.6) is 0 Å². The van der Waals surface area contributed by atoms with Gasteiger partial charge in [-0.3, -0.25) is 0 Å². The fourth-order valence-corrected chi connectivity index (χ4v) is 1.79. The molecule has 0 aromatic heterocycles. The Kier molecular flexibility index (Phi) is 2.39. The van der Waals surface area contributed by atoms with E-state index in [1.807, 2.05) is 44.2 Å². The van der Waals surface area contributed by atoms with Crippen LogP contribution in [-0.2, 0) is 9.47 Å². The molecule has 0 saturated carbocycles. The third kappa shape index (κ3) is 1.69. The number of hydrogen-bond donors (Lipinski definition) is 0. The Labute approximate surface area is 89.0 Å². The fourth-order valence-electron chi connectivity index (χ4n) is 1.79. The van der Waals surface area contributed by atoms with Crippen molar-refractivity contribution in [2.24, 2.45) is 0 Å². The summed E-state index contributed by atoms with van der Waals surface area (Å²) in [4.78, 5) is 11.2. The lowest BCUT2D eigenvalue weighted by Crippen LogP contribution is -2.29. The number of hydrogen-bond acceptors (Lipinski definition) is 3. The van der Waals surface area contributed by atoms with Crippen LogP contribution in [0.3, 0.4) is 0 Å². The third-order valence-electron chi connectivity index (χ3n) is 2.89. The van der Waals surface area contributed by atoms with E-state index in [1.165, 1.54) is 0 Å². The molecule has 0 N–H and O–H groups in total. The first-order valence-electron chi connectivity index (χ1n) is 5.10. The summed E-state index contributed by atoms with van der Waals surface area (Å²) in [6.07, 6.45) is -0.136. The molecule has 0 bridgehead atoms. The summed E-state index contributed by atoms with van der Waals surface area (Å²) in [6, 6.07) is 9.68. The van der Waals surface area contributed by atoms with E-state index >= 15 is 0 Å². The van der Waals surface area contributed by atoms with Crippen LogP contribution in [0.1, 0.15) is 31.9 Å². The summed E-state index contributed by atoms with van der Waals surface area (Å²) in [6.45, 7) is 3.88. The molecule has 0 spiro atoms. The Balaban J connectivity index is 2.33. The molecule has 0 radical (unpaired) electrons. The summed E-state index contributed by atoms with van der Waals surface area (Å²) in [5.74, 6) is 0. The Morgan fingerprint density at radius 3 is 2.60 bits per heavy atom. The molecule has 1 aromatic carbocycles. The second-order valence-corrected chi connectivity index (χ2v) is 3.93. The summed E-state index contributed by atoms with van der Waals surface area (Å²) in [5, 5.41) is 0. The highest BCUT2D eigenvalue weighted by atomic mass is 16.8. The molecule has 2 unspecified atom stereocenters. The van der Waals surface area contributed by atoms with Gasteiger partial charge in [-0.2, -0.15) is 0 Å². The van der Waals surface area contributed by atoms with E-state index in [-0.39, 0.29) is 6.10 Å². The predicted octanol–water partition coefficient (Wildman–Crippen LogP) is 3.06. The van der Waals surface area contributed by atoms with Gasteiger partial charge in [0.25, 0.3) is 0 Å². The van der Waals surface area contributed by atoms with Crippen molar-refractivity contribution >= 4 is 6.16 Å². The molecule has 2 atom stereocenters. The molecular weight excluding hydrogens is 192 g/mol. The minimum absolute atomic E-state index is 0.295. The third-order valence-corrected chi connectivity index (χ3v) is 2.89. The normalized spacial score (nSPS) is 29.7. The molecule has 2 rings (SSSR count). The molecule has 0 aliphatic carbocycles. The first kappa shape index (κ1) is 10.0. The molecule has 1 saturated heterocycles. The molecule has 80 valence electrons. The maximum absolute atomic E-state index is 11.2. The summed E-state index contributed by atoms with van der Waals surface area (Å²) in [5.41, 5.74) is 0.436. The van der Waals surface area contributed by atoms with Crippen molar-refractivity contribution in [2.75, 3.05) is 0 Å². The van der Waals surface area contributed by atoms with Crippen molar-refractivity contribution in [3.8, 4) is 0 Å². The van der Waals surface area contributed by atoms with Crippen LogP contribution in [0, 0.1) is 0 Å². The van der Waals surface area contributed by atoms with Gasteiger partial charge < -0.3 is 9.47 Å². The predicted molar refractivity (Wildman–Crippen MR) is 55.4 cm³/mol. The molecule has 3 heteroatoms. The maximum atomic E-state index is 11.2. The van der Waals surface area contributed by atoms with E-state index in [1.54, 1.807) is 0 Å². The average molecular weight is 206 g/mol. The zero-order valence-corrected chi connectivity index (χ0v) is 8.90. The lowest BCUT2D eigenvalue weighted by molar-refractivity contribution is 0.0421. The number of carbonyl (C=O) groups excluding carboxylic acids is 1. The van der Waals surface area contributed by atoms with Crippen molar-refractivity contribution in [3.05, 3.63) is 35.9 Å². The number of carbonyl (C=O) groups is 1.